The molecule has 2 aliphatic rings. The summed E-state index contributed by atoms with van der Waals surface area (Å²) < 4.78 is 0. The first-order valence-corrected chi connectivity index (χ1v) is 6.43. The Morgan fingerprint density at radius 3 is 2.41 bits per heavy atom. The van der Waals surface area contributed by atoms with Gasteiger partial charge in [-0.2, -0.15) is 0 Å². The minimum atomic E-state index is -0.110. The minimum Gasteiger partial charge on any atom is -0.393 e. The molecule has 1 heterocycles. The summed E-state index contributed by atoms with van der Waals surface area (Å²) in [5.41, 5.74) is 0. The van der Waals surface area contributed by atoms with E-state index in [0.29, 0.717) is 0 Å². The van der Waals surface area contributed by atoms with Gasteiger partial charge in [0.25, 0.3) is 0 Å². The van der Waals surface area contributed by atoms with Crippen molar-refractivity contribution in [3.63, 3.8) is 0 Å². The average Bonchev–Trinajstić information content (AvgIpc) is 2.24. The van der Waals surface area contributed by atoms with Gasteiger partial charge in [0.15, 0.2) is 5.96 Å². The van der Waals surface area contributed by atoms with Crippen LogP contribution in [0.25, 0.3) is 0 Å². The molecule has 2 rings (SSSR count). The standard InChI is InChI=1S/C12H23N3O.HI/c1-13-12(14-9-10-3-2-4-10)15-7-5-11(16)6-8-15;/h10-11,16H,2-9H2,1H3,(H,13,14);1H. The lowest BCUT2D eigenvalue weighted by atomic mass is 9.85. The summed E-state index contributed by atoms with van der Waals surface area (Å²) in [4.78, 5) is 6.57. The van der Waals surface area contributed by atoms with Gasteiger partial charge in [-0.15, -0.1) is 24.0 Å². The molecule has 5 heteroatoms. The lowest BCUT2D eigenvalue weighted by Crippen LogP contribution is -2.48. The maximum Gasteiger partial charge on any atom is 0.193 e. The number of nitrogens with zero attached hydrogens (tertiary/aromatic N) is 2. The number of hydrogen-bond donors (Lipinski definition) is 2. The highest BCUT2D eigenvalue weighted by molar-refractivity contribution is 14.0. The number of aliphatic imine (C=N–C) groups is 1. The number of rotatable bonds is 2. The molecule has 1 aliphatic carbocycles. The summed E-state index contributed by atoms with van der Waals surface area (Å²) in [6.07, 6.45) is 5.74. The van der Waals surface area contributed by atoms with E-state index in [0.717, 1.165) is 44.4 Å². The lowest BCUT2D eigenvalue weighted by molar-refractivity contribution is 0.107. The van der Waals surface area contributed by atoms with Crippen LogP contribution in [0.1, 0.15) is 32.1 Å². The van der Waals surface area contributed by atoms with E-state index in [9.17, 15) is 5.11 Å². The van der Waals surface area contributed by atoms with E-state index < -0.39 is 0 Å². The molecular weight excluding hydrogens is 329 g/mol. The topological polar surface area (TPSA) is 47.9 Å². The molecular formula is C12H24IN3O. The molecule has 0 radical (unpaired) electrons. The van der Waals surface area contributed by atoms with Crippen molar-refractivity contribution in [2.24, 2.45) is 10.9 Å². The Morgan fingerprint density at radius 2 is 1.94 bits per heavy atom. The zero-order valence-corrected chi connectivity index (χ0v) is 12.9. The number of aliphatic hydroxyl groups excluding tert-OH is 1. The molecule has 0 aromatic rings. The van der Waals surface area contributed by atoms with Gasteiger partial charge in [0.05, 0.1) is 6.10 Å². The number of likely N-dealkylation sites (tertiary alicyclic amines) is 1. The number of guanidine groups is 1. The minimum absolute atomic E-state index is 0. The van der Waals surface area contributed by atoms with Crippen molar-refractivity contribution >= 4 is 29.9 Å². The van der Waals surface area contributed by atoms with Crippen molar-refractivity contribution in [2.75, 3.05) is 26.7 Å². The van der Waals surface area contributed by atoms with E-state index in [-0.39, 0.29) is 30.1 Å². The summed E-state index contributed by atoms with van der Waals surface area (Å²) in [5.74, 6) is 1.87. The summed E-state index contributed by atoms with van der Waals surface area (Å²) in [6.45, 7) is 2.91. The molecule has 2 N–H and O–H groups in total. The molecule has 1 saturated heterocycles. The van der Waals surface area contributed by atoms with Crippen molar-refractivity contribution in [3.05, 3.63) is 0 Å². The van der Waals surface area contributed by atoms with Crippen LogP contribution in [0.2, 0.25) is 0 Å². The third-order valence-electron chi connectivity index (χ3n) is 3.75. The molecule has 17 heavy (non-hydrogen) atoms. The Morgan fingerprint density at radius 1 is 1.29 bits per heavy atom. The fourth-order valence-electron chi connectivity index (χ4n) is 2.34. The van der Waals surface area contributed by atoms with Crippen molar-refractivity contribution in [1.82, 2.24) is 10.2 Å². The average molecular weight is 353 g/mol. The Balaban J connectivity index is 0.00000144. The summed E-state index contributed by atoms with van der Waals surface area (Å²) >= 11 is 0. The van der Waals surface area contributed by atoms with E-state index >= 15 is 0 Å². The van der Waals surface area contributed by atoms with E-state index in [1.165, 1.54) is 19.3 Å². The Hall–Kier alpha value is -0.0400. The highest BCUT2D eigenvalue weighted by atomic mass is 127. The van der Waals surface area contributed by atoms with Gasteiger partial charge in [-0.05, 0) is 31.6 Å². The van der Waals surface area contributed by atoms with Crippen LogP contribution in [0.3, 0.4) is 0 Å². The smallest absolute Gasteiger partial charge is 0.193 e. The fraction of sp³-hybridized carbons (Fsp3) is 0.917. The maximum absolute atomic E-state index is 9.46. The van der Waals surface area contributed by atoms with Crippen LogP contribution >= 0.6 is 24.0 Å². The van der Waals surface area contributed by atoms with Gasteiger partial charge >= 0.3 is 0 Å². The van der Waals surface area contributed by atoms with E-state index in [1.54, 1.807) is 0 Å². The van der Waals surface area contributed by atoms with Crippen LogP contribution in [-0.4, -0.2) is 48.8 Å². The first-order valence-electron chi connectivity index (χ1n) is 6.43. The number of hydrogen-bond acceptors (Lipinski definition) is 2. The Labute approximate surface area is 121 Å². The van der Waals surface area contributed by atoms with Gasteiger partial charge < -0.3 is 15.3 Å². The zero-order chi connectivity index (χ0) is 11.4. The van der Waals surface area contributed by atoms with Gasteiger partial charge in [-0.25, -0.2) is 0 Å². The monoisotopic (exact) mass is 353 g/mol. The highest BCUT2D eigenvalue weighted by Gasteiger charge is 2.21. The van der Waals surface area contributed by atoms with Gasteiger partial charge in [0, 0.05) is 26.7 Å². The third-order valence-corrected chi connectivity index (χ3v) is 3.75. The second-order valence-corrected chi connectivity index (χ2v) is 4.94. The van der Waals surface area contributed by atoms with Crippen molar-refractivity contribution in [3.8, 4) is 0 Å². The molecule has 0 bridgehead atoms. The van der Waals surface area contributed by atoms with Crippen molar-refractivity contribution in [1.29, 1.82) is 0 Å². The quantitative estimate of drug-likeness (QED) is 0.449. The van der Waals surface area contributed by atoms with Gasteiger partial charge in [0.2, 0.25) is 0 Å². The lowest BCUT2D eigenvalue weighted by Gasteiger charge is -2.34. The Kier molecular flexibility index (Phi) is 6.54. The van der Waals surface area contributed by atoms with Crippen LogP contribution in [-0.2, 0) is 0 Å². The molecule has 4 nitrogen and oxygen atoms in total. The van der Waals surface area contributed by atoms with Crippen molar-refractivity contribution < 1.29 is 5.11 Å². The normalized spacial score (nSPS) is 22.9. The zero-order valence-electron chi connectivity index (χ0n) is 10.6. The molecule has 0 aromatic heterocycles. The van der Waals surface area contributed by atoms with Gasteiger partial charge in [-0.1, -0.05) is 6.42 Å². The summed E-state index contributed by atoms with van der Waals surface area (Å²) in [7, 11) is 1.84. The largest absolute Gasteiger partial charge is 0.393 e. The van der Waals surface area contributed by atoms with Crippen LogP contribution < -0.4 is 5.32 Å². The van der Waals surface area contributed by atoms with Crippen LogP contribution in [0.5, 0.6) is 0 Å². The predicted octanol–water partition coefficient (Wildman–Crippen LogP) is 1.44. The third kappa shape index (κ3) is 4.28. The highest BCUT2D eigenvalue weighted by Crippen LogP contribution is 2.25. The van der Waals surface area contributed by atoms with Crippen LogP contribution in [0.4, 0.5) is 0 Å². The first kappa shape index (κ1) is 15.0. The first-order chi connectivity index (χ1) is 7.79. The molecule has 1 aliphatic heterocycles. The second kappa shape index (κ2) is 7.41. The van der Waals surface area contributed by atoms with Crippen LogP contribution in [0.15, 0.2) is 4.99 Å². The number of aliphatic hydroxyl groups is 1. The maximum atomic E-state index is 9.46. The SMILES string of the molecule is CN=C(NCC1CCC1)N1CCC(O)CC1.I. The summed E-state index contributed by atoms with van der Waals surface area (Å²) in [6, 6.07) is 0. The molecule has 0 aromatic carbocycles. The molecule has 0 atom stereocenters. The number of piperidine rings is 1. The fourth-order valence-corrected chi connectivity index (χ4v) is 2.34. The molecule has 1 saturated carbocycles. The van der Waals surface area contributed by atoms with Crippen LogP contribution in [0, 0.1) is 5.92 Å². The second-order valence-electron chi connectivity index (χ2n) is 4.94. The molecule has 0 unspecified atom stereocenters. The van der Waals surface area contributed by atoms with E-state index in [2.05, 4.69) is 15.2 Å². The van der Waals surface area contributed by atoms with Gasteiger partial charge in [-0.3, -0.25) is 4.99 Å². The summed E-state index contributed by atoms with van der Waals surface area (Å²) in [5, 5.41) is 12.9. The van der Waals surface area contributed by atoms with Crippen molar-refractivity contribution in [2.45, 2.75) is 38.2 Å². The number of nitrogens with one attached hydrogen (secondary N) is 1. The van der Waals surface area contributed by atoms with E-state index in [4.69, 9.17) is 0 Å². The number of halogens is 1. The molecule has 0 amide bonds. The molecule has 0 spiro atoms. The predicted molar refractivity (Wildman–Crippen MR) is 80.9 cm³/mol. The molecule has 100 valence electrons. The van der Waals surface area contributed by atoms with Gasteiger partial charge in [0.1, 0.15) is 0 Å². The molecule has 2 fully saturated rings. The van der Waals surface area contributed by atoms with E-state index in [1.807, 2.05) is 7.05 Å². The Bertz CT molecular complexity index is 248.